The summed E-state index contributed by atoms with van der Waals surface area (Å²) in [5, 5.41) is 1.15. The molecule has 0 radical (unpaired) electrons. The molecule has 86 valence electrons. The molecule has 0 aliphatic heterocycles. The molecule has 1 aromatic carbocycles. The standard InChI is InChI=1S/C13H18N2S/c1-4-9-16-13-14-11-7-5-6-8-12(11)15(13)10(2)3/h5-8,10H,4,9H2,1-3H3. The van der Waals surface area contributed by atoms with Crippen molar-refractivity contribution < 1.29 is 0 Å². The van der Waals surface area contributed by atoms with E-state index in [1.807, 2.05) is 17.8 Å². The Bertz CT molecular complexity index is 474. The van der Waals surface area contributed by atoms with E-state index in [-0.39, 0.29) is 0 Å². The highest BCUT2D eigenvalue weighted by Gasteiger charge is 2.12. The summed E-state index contributed by atoms with van der Waals surface area (Å²) < 4.78 is 2.33. The second-order valence-corrected chi connectivity index (χ2v) is 5.26. The number of imidazole rings is 1. The predicted octanol–water partition coefficient (Wildman–Crippen LogP) is 4.12. The first-order valence-corrected chi connectivity index (χ1v) is 6.82. The van der Waals surface area contributed by atoms with Crippen molar-refractivity contribution in [2.75, 3.05) is 5.75 Å². The number of rotatable bonds is 4. The van der Waals surface area contributed by atoms with Crippen LogP contribution >= 0.6 is 11.8 Å². The van der Waals surface area contributed by atoms with E-state index in [4.69, 9.17) is 4.98 Å². The number of fused-ring (bicyclic) bond motifs is 1. The van der Waals surface area contributed by atoms with Gasteiger partial charge in [0.25, 0.3) is 0 Å². The fraction of sp³-hybridized carbons (Fsp3) is 0.462. The minimum absolute atomic E-state index is 0.465. The van der Waals surface area contributed by atoms with Gasteiger partial charge in [-0.15, -0.1) is 0 Å². The molecule has 2 rings (SSSR count). The largest absolute Gasteiger partial charge is 0.316 e. The van der Waals surface area contributed by atoms with Crippen LogP contribution in [0.25, 0.3) is 11.0 Å². The Morgan fingerprint density at radius 2 is 2.06 bits per heavy atom. The van der Waals surface area contributed by atoms with Gasteiger partial charge < -0.3 is 4.57 Å². The highest BCUT2D eigenvalue weighted by molar-refractivity contribution is 7.99. The van der Waals surface area contributed by atoms with Gasteiger partial charge in [0.2, 0.25) is 0 Å². The summed E-state index contributed by atoms with van der Waals surface area (Å²) in [7, 11) is 0. The highest BCUT2D eigenvalue weighted by atomic mass is 32.2. The molecule has 3 heteroatoms. The van der Waals surface area contributed by atoms with Gasteiger partial charge in [-0.2, -0.15) is 0 Å². The average molecular weight is 234 g/mol. The summed E-state index contributed by atoms with van der Waals surface area (Å²) in [6.07, 6.45) is 1.19. The fourth-order valence-electron chi connectivity index (χ4n) is 1.82. The van der Waals surface area contributed by atoms with Crippen molar-refractivity contribution in [1.82, 2.24) is 9.55 Å². The summed E-state index contributed by atoms with van der Waals surface area (Å²) >= 11 is 1.85. The van der Waals surface area contributed by atoms with Crippen LogP contribution in [0.2, 0.25) is 0 Å². The molecule has 0 fully saturated rings. The number of hydrogen-bond donors (Lipinski definition) is 0. The van der Waals surface area contributed by atoms with Gasteiger partial charge in [-0.05, 0) is 32.4 Å². The number of hydrogen-bond acceptors (Lipinski definition) is 2. The van der Waals surface area contributed by atoms with E-state index in [2.05, 4.69) is 43.5 Å². The van der Waals surface area contributed by atoms with Crippen LogP contribution in [0.1, 0.15) is 33.2 Å². The molecule has 0 amide bonds. The normalized spacial score (nSPS) is 11.5. The maximum atomic E-state index is 4.70. The van der Waals surface area contributed by atoms with Gasteiger partial charge in [-0.1, -0.05) is 30.8 Å². The molecule has 0 saturated heterocycles. The van der Waals surface area contributed by atoms with Crippen molar-refractivity contribution in [3.05, 3.63) is 24.3 Å². The first kappa shape index (κ1) is 11.5. The van der Waals surface area contributed by atoms with Crippen LogP contribution < -0.4 is 0 Å². The molecule has 0 atom stereocenters. The molecule has 0 N–H and O–H groups in total. The van der Waals surface area contributed by atoms with Gasteiger partial charge in [0, 0.05) is 11.8 Å². The molecule has 2 aromatic rings. The zero-order valence-corrected chi connectivity index (χ0v) is 10.9. The van der Waals surface area contributed by atoms with Crippen molar-refractivity contribution in [3.8, 4) is 0 Å². The smallest absolute Gasteiger partial charge is 0.169 e. The lowest BCUT2D eigenvalue weighted by Crippen LogP contribution is -2.02. The lowest BCUT2D eigenvalue weighted by molar-refractivity contribution is 0.566. The number of nitrogens with zero attached hydrogens (tertiary/aromatic N) is 2. The van der Waals surface area contributed by atoms with Gasteiger partial charge in [-0.25, -0.2) is 4.98 Å². The van der Waals surface area contributed by atoms with Crippen LogP contribution in [0.5, 0.6) is 0 Å². The number of benzene rings is 1. The van der Waals surface area contributed by atoms with Gasteiger partial charge in [-0.3, -0.25) is 0 Å². The minimum atomic E-state index is 0.465. The topological polar surface area (TPSA) is 17.8 Å². The van der Waals surface area contributed by atoms with Crippen LogP contribution in [0.4, 0.5) is 0 Å². The second kappa shape index (κ2) is 4.91. The maximum Gasteiger partial charge on any atom is 0.169 e. The van der Waals surface area contributed by atoms with Gasteiger partial charge in [0.15, 0.2) is 5.16 Å². The minimum Gasteiger partial charge on any atom is -0.316 e. The molecule has 16 heavy (non-hydrogen) atoms. The summed E-state index contributed by atoms with van der Waals surface area (Å²) in [6, 6.07) is 8.83. The van der Waals surface area contributed by atoms with Crippen molar-refractivity contribution >= 4 is 22.8 Å². The molecule has 2 nitrogen and oxygen atoms in total. The quantitative estimate of drug-likeness (QED) is 0.741. The molecular formula is C13H18N2S. The summed E-state index contributed by atoms with van der Waals surface area (Å²) in [5.74, 6) is 1.13. The van der Waals surface area contributed by atoms with Crippen molar-refractivity contribution in [1.29, 1.82) is 0 Å². The lowest BCUT2D eigenvalue weighted by Gasteiger charge is -2.12. The van der Waals surface area contributed by atoms with E-state index in [0.717, 1.165) is 16.4 Å². The summed E-state index contributed by atoms with van der Waals surface area (Å²) in [4.78, 5) is 4.70. The third-order valence-corrected chi connectivity index (χ3v) is 3.67. The Morgan fingerprint density at radius 3 is 2.75 bits per heavy atom. The first-order chi connectivity index (χ1) is 7.74. The molecule has 0 aliphatic rings. The van der Waals surface area contributed by atoms with E-state index in [0.29, 0.717) is 6.04 Å². The third-order valence-electron chi connectivity index (χ3n) is 2.52. The van der Waals surface area contributed by atoms with Crippen LogP contribution in [0, 0.1) is 0 Å². The van der Waals surface area contributed by atoms with Crippen LogP contribution in [-0.4, -0.2) is 15.3 Å². The monoisotopic (exact) mass is 234 g/mol. The highest BCUT2D eigenvalue weighted by Crippen LogP contribution is 2.27. The Hall–Kier alpha value is -0.960. The number of para-hydroxylation sites is 2. The zero-order chi connectivity index (χ0) is 11.5. The van der Waals surface area contributed by atoms with Crippen molar-refractivity contribution in [2.45, 2.75) is 38.4 Å². The Kier molecular flexibility index (Phi) is 3.54. The van der Waals surface area contributed by atoms with E-state index in [9.17, 15) is 0 Å². The first-order valence-electron chi connectivity index (χ1n) is 5.83. The van der Waals surface area contributed by atoms with Gasteiger partial charge >= 0.3 is 0 Å². The third kappa shape index (κ3) is 2.09. The Morgan fingerprint density at radius 1 is 1.31 bits per heavy atom. The summed E-state index contributed by atoms with van der Waals surface area (Å²) in [6.45, 7) is 6.63. The Balaban J connectivity index is 2.50. The molecule has 0 aliphatic carbocycles. The Labute approximate surface area is 101 Å². The van der Waals surface area contributed by atoms with Crippen LogP contribution in [0.3, 0.4) is 0 Å². The van der Waals surface area contributed by atoms with Gasteiger partial charge in [0.1, 0.15) is 0 Å². The number of aromatic nitrogens is 2. The van der Waals surface area contributed by atoms with E-state index >= 15 is 0 Å². The zero-order valence-electron chi connectivity index (χ0n) is 10.1. The summed E-state index contributed by atoms with van der Waals surface area (Å²) in [5.41, 5.74) is 2.35. The molecule has 1 heterocycles. The number of thioether (sulfide) groups is 1. The maximum absolute atomic E-state index is 4.70. The van der Waals surface area contributed by atoms with Crippen LogP contribution in [-0.2, 0) is 0 Å². The molecular weight excluding hydrogens is 216 g/mol. The molecule has 0 spiro atoms. The molecule has 0 bridgehead atoms. The van der Waals surface area contributed by atoms with Crippen LogP contribution in [0.15, 0.2) is 29.4 Å². The van der Waals surface area contributed by atoms with E-state index in [1.165, 1.54) is 11.9 Å². The molecule has 1 aromatic heterocycles. The van der Waals surface area contributed by atoms with E-state index < -0.39 is 0 Å². The lowest BCUT2D eigenvalue weighted by atomic mass is 10.3. The predicted molar refractivity (Wildman–Crippen MR) is 71.1 cm³/mol. The fourth-order valence-corrected chi connectivity index (χ4v) is 2.81. The SMILES string of the molecule is CCCSc1nc2ccccc2n1C(C)C. The second-order valence-electron chi connectivity index (χ2n) is 4.20. The molecule has 0 unspecified atom stereocenters. The average Bonchev–Trinajstić information content (AvgIpc) is 2.64. The van der Waals surface area contributed by atoms with E-state index in [1.54, 1.807) is 0 Å². The van der Waals surface area contributed by atoms with Crippen molar-refractivity contribution in [3.63, 3.8) is 0 Å². The molecule has 0 saturated carbocycles. The van der Waals surface area contributed by atoms with Gasteiger partial charge in [0.05, 0.1) is 11.0 Å². The van der Waals surface area contributed by atoms with Crippen molar-refractivity contribution in [2.24, 2.45) is 0 Å².